The minimum atomic E-state index is 0.342. The van der Waals surface area contributed by atoms with E-state index in [1.165, 1.54) is 32.1 Å². The largest absolute Gasteiger partial charge is 0.497 e. The third kappa shape index (κ3) is 4.14. The van der Waals surface area contributed by atoms with Crippen LogP contribution in [0.1, 0.15) is 39.0 Å². The number of hydrogen-bond donors (Lipinski definition) is 2. The molecule has 4 heteroatoms. The zero-order chi connectivity index (χ0) is 16.1. The molecule has 23 heavy (non-hydrogen) atoms. The van der Waals surface area contributed by atoms with Gasteiger partial charge in [0, 0.05) is 36.3 Å². The molecule has 1 aromatic heterocycles. The number of nitrogens with one attached hydrogen (secondary N) is 2. The summed E-state index contributed by atoms with van der Waals surface area (Å²) in [5, 5.41) is 8.40. The first-order valence-electron chi connectivity index (χ1n) is 8.69. The fourth-order valence-corrected chi connectivity index (χ4v) is 3.36. The molecule has 1 aliphatic carbocycles. The van der Waals surface area contributed by atoms with Crippen LogP contribution in [-0.2, 0) is 0 Å². The van der Waals surface area contributed by atoms with Crippen molar-refractivity contribution in [1.82, 2.24) is 10.3 Å². The molecule has 0 saturated heterocycles. The SMILES string of the molecule is COc1cc(NC(C)CNC2CCCCC2)c2ncccc2c1. The number of nitrogens with zero attached hydrogens (tertiary/aromatic N) is 1. The minimum absolute atomic E-state index is 0.342. The van der Waals surface area contributed by atoms with Gasteiger partial charge in [0.05, 0.1) is 18.3 Å². The Bertz CT molecular complexity index is 638. The van der Waals surface area contributed by atoms with Crippen LogP contribution in [0.25, 0.3) is 10.9 Å². The number of rotatable bonds is 6. The molecule has 1 heterocycles. The van der Waals surface area contributed by atoms with Crippen LogP contribution in [0.15, 0.2) is 30.5 Å². The molecule has 1 saturated carbocycles. The molecule has 1 unspecified atom stereocenters. The Morgan fingerprint density at radius 3 is 2.87 bits per heavy atom. The number of aromatic nitrogens is 1. The highest BCUT2D eigenvalue weighted by Gasteiger charge is 2.14. The van der Waals surface area contributed by atoms with Crippen LogP contribution in [0.3, 0.4) is 0 Å². The van der Waals surface area contributed by atoms with Crippen molar-refractivity contribution in [1.29, 1.82) is 0 Å². The van der Waals surface area contributed by atoms with E-state index in [1.54, 1.807) is 7.11 Å². The van der Waals surface area contributed by atoms with Gasteiger partial charge in [0.2, 0.25) is 0 Å². The summed E-state index contributed by atoms with van der Waals surface area (Å²) in [4.78, 5) is 4.52. The highest BCUT2D eigenvalue weighted by Crippen LogP contribution is 2.28. The standard InChI is InChI=1S/C19H27N3O/c1-14(13-21-16-8-4-3-5-9-16)22-18-12-17(23-2)11-15-7-6-10-20-19(15)18/h6-7,10-12,14,16,21-22H,3-5,8-9,13H2,1-2H3. The number of anilines is 1. The average Bonchev–Trinajstić information content (AvgIpc) is 2.60. The lowest BCUT2D eigenvalue weighted by atomic mass is 9.95. The van der Waals surface area contributed by atoms with E-state index in [1.807, 2.05) is 24.4 Å². The van der Waals surface area contributed by atoms with Crippen molar-refractivity contribution in [2.75, 3.05) is 19.0 Å². The quantitative estimate of drug-likeness (QED) is 0.847. The molecule has 3 rings (SSSR count). The zero-order valence-corrected chi connectivity index (χ0v) is 14.1. The van der Waals surface area contributed by atoms with Crippen LogP contribution in [-0.4, -0.2) is 30.7 Å². The molecular weight excluding hydrogens is 286 g/mol. The summed E-state index contributed by atoms with van der Waals surface area (Å²) in [6.45, 7) is 3.18. The van der Waals surface area contributed by atoms with Crippen molar-refractivity contribution in [3.05, 3.63) is 30.5 Å². The predicted octanol–water partition coefficient (Wildman–Crippen LogP) is 3.97. The van der Waals surface area contributed by atoms with Gasteiger partial charge < -0.3 is 15.4 Å². The van der Waals surface area contributed by atoms with Crippen molar-refractivity contribution >= 4 is 16.6 Å². The van der Waals surface area contributed by atoms with E-state index in [9.17, 15) is 0 Å². The lowest BCUT2D eigenvalue weighted by Crippen LogP contribution is -2.38. The summed E-state index contributed by atoms with van der Waals surface area (Å²) >= 11 is 0. The van der Waals surface area contributed by atoms with Gasteiger partial charge in [-0.1, -0.05) is 25.3 Å². The Morgan fingerprint density at radius 2 is 2.09 bits per heavy atom. The molecule has 124 valence electrons. The van der Waals surface area contributed by atoms with Crippen LogP contribution in [0, 0.1) is 0 Å². The van der Waals surface area contributed by atoms with Gasteiger partial charge in [0.25, 0.3) is 0 Å². The summed E-state index contributed by atoms with van der Waals surface area (Å²) in [5.74, 6) is 0.862. The molecule has 2 N–H and O–H groups in total. The number of benzene rings is 1. The third-order valence-corrected chi connectivity index (χ3v) is 4.63. The fourth-order valence-electron chi connectivity index (χ4n) is 3.36. The molecule has 0 amide bonds. The highest BCUT2D eigenvalue weighted by atomic mass is 16.5. The molecule has 0 bridgehead atoms. The number of pyridine rings is 1. The maximum atomic E-state index is 5.42. The summed E-state index contributed by atoms with van der Waals surface area (Å²) < 4.78 is 5.42. The number of fused-ring (bicyclic) bond motifs is 1. The first kappa shape index (κ1) is 16.1. The van der Waals surface area contributed by atoms with Gasteiger partial charge in [0.1, 0.15) is 5.75 Å². The monoisotopic (exact) mass is 313 g/mol. The molecular formula is C19H27N3O. The number of methoxy groups -OCH3 is 1. The second-order valence-electron chi connectivity index (χ2n) is 6.54. The summed E-state index contributed by atoms with van der Waals surface area (Å²) in [5.41, 5.74) is 2.04. The number of ether oxygens (including phenoxy) is 1. The van der Waals surface area contributed by atoms with Gasteiger partial charge in [-0.2, -0.15) is 0 Å². The maximum absolute atomic E-state index is 5.42. The predicted molar refractivity (Wildman–Crippen MR) is 96.3 cm³/mol. The average molecular weight is 313 g/mol. The van der Waals surface area contributed by atoms with E-state index in [0.29, 0.717) is 12.1 Å². The van der Waals surface area contributed by atoms with Gasteiger partial charge in [0.15, 0.2) is 0 Å². The second kappa shape index (κ2) is 7.64. The Balaban J connectivity index is 1.67. The Kier molecular flexibility index (Phi) is 5.34. The normalized spacial score (nSPS) is 17.1. The van der Waals surface area contributed by atoms with E-state index in [-0.39, 0.29) is 0 Å². The fraction of sp³-hybridized carbons (Fsp3) is 0.526. The molecule has 1 fully saturated rings. The Labute approximate surface area is 138 Å². The van der Waals surface area contributed by atoms with Gasteiger partial charge >= 0.3 is 0 Å². The molecule has 1 aliphatic rings. The summed E-state index contributed by atoms with van der Waals surface area (Å²) in [7, 11) is 1.70. The van der Waals surface area contributed by atoms with Gasteiger partial charge in [-0.15, -0.1) is 0 Å². The second-order valence-corrected chi connectivity index (χ2v) is 6.54. The van der Waals surface area contributed by atoms with E-state index < -0.39 is 0 Å². The Hall–Kier alpha value is -1.81. The van der Waals surface area contributed by atoms with E-state index >= 15 is 0 Å². The highest BCUT2D eigenvalue weighted by molar-refractivity contribution is 5.91. The molecule has 1 atom stereocenters. The van der Waals surface area contributed by atoms with Crippen LogP contribution >= 0.6 is 0 Å². The molecule has 4 nitrogen and oxygen atoms in total. The van der Waals surface area contributed by atoms with Crippen LogP contribution in [0.5, 0.6) is 5.75 Å². The van der Waals surface area contributed by atoms with E-state index in [0.717, 1.165) is 28.9 Å². The maximum Gasteiger partial charge on any atom is 0.121 e. The van der Waals surface area contributed by atoms with Gasteiger partial charge in [-0.05, 0) is 31.9 Å². The van der Waals surface area contributed by atoms with Crippen molar-refractivity contribution in [2.45, 2.75) is 51.1 Å². The first-order chi connectivity index (χ1) is 11.3. The molecule has 0 radical (unpaired) electrons. The van der Waals surface area contributed by atoms with E-state index in [4.69, 9.17) is 4.74 Å². The lowest BCUT2D eigenvalue weighted by Gasteiger charge is -2.25. The van der Waals surface area contributed by atoms with Crippen molar-refractivity contribution < 1.29 is 4.74 Å². The first-order valence-corrected chi connectivity index (χ1v) is 8.69. The summed E-state index contributed by atoms with van der Waals surface area (Å²) in [6.07, 6.45) is 8.60. The van der Waals surface area contributed by atoms with Crippen molar-refractivity contribution in [3.8, 4) is 5.75 Å². The van der Waals surface area contributed by atoms with Crippen LogP contribution < -0.4 is 15.4 Å². The zero-order valence-electron chi connectivity index (χ0n) is 14.1. The van der Waals surface area contributed by atoms with Crippen molar-refractivity contribution in [2.24, 2.45) is 0 Å². The third-order valence-electron chi connectivity index (χ3n) is 4.63. The van der Waals surface area contributed by atoms with Gasteiger partial charge in [-0.3, -0.25) is 4.98 Å². The summed E-state index contributed by atoms with van der Waals surface area (Å²) in [6, 6.07) is 9.12. The van der Waals surface area contributed by atoms with Gasteiger partial charge in [-0.25, -0.2) is 0 Å². The number of hydrogen-bond acceptors (Lipinski definition) is 4. The lowest BCUT2D eigenvalue weighted by molar-refractivity contribution is 0.370. The van der Waals surface area contributed by atoms with Crippen LogP contribution in [0.4, 0.5) is 5.69 Å². The smallest absolute Gasteiger partial charge is 0.121 e. The minimum Gasteiger partial charge on any atom is -0.497 e. The topological polar surface area (TPSA) is 46.2 Å². The molecule has 2 aromatic rings. The molecule has 1 aromatic carbocycles. The van der Waals surface area contributed by atoms with E-state index in [2.05, 4.69) is 28.6 Å². The Morgan fingerprint density at radius 1 is 1.26 bits per heavy atom. The molecule has 0 aliphatic heterocycles. The van der Waals surface area contributed by atoms with Crippen LogP contribution in [0.2, 0.25) is 0 Å². The molecule has 0 spiro atoms. The van der Waals surface area contributed by atoms with Crippen molar-refractivity contribution in [3.63, 3.8) is 0 Å².